The molecule has 0 radical (unpaired) electrons. The number of benzene rings is 2. The van der Waals surface area contributed by atoms with Crippen LogP contribution in [0.1, 0.15) is 15.9 Å². The van der Waals surface area contributed by atoms with Crippen molar-refractivity contribution in [2.24, 2.45) is 0 Å². The highest BCUT2D eigenvalue weighted by Crippen LogP contribution is 2.18. The number of ketones is 1. The zero-order chi connectivity index (χ0) is 18.8. The van der Waals surface area contributed by atoms with Crippen LogP contribution in [0.15, 0.2) is 48.5 Å². The first-order valence-corrected chi connectivity index (χ1v) is 14.9. The Bertz CT molecular complexity index is 747. The lowest BCUT2D eigenvalue weighted by Gasteiger charge is -2.32. The third-order valence-electron chi connectivity index (χ3n) is 4.03. The number of nitrogens with zero attached hydrogens (tertiary/aromatic N) is 1. The van der Waals surface area contributed by atoms with Crippen molar-refractivity contribution < 1.29 is 8.91 Å². The van der Waals surface area contributed by atoms with Gasteiger partial charge in [-0.1, -0.05) is 18.2 Å². The topological polar surface area (TPSA) is 29.5 Å². The van der Waals surface area contributed by atoms with Crippen molar-refractivity contribution in [3.05, 3.63) is 59.7 Å². The molecule has 25 heavy (non-hydrogen) atoms. The summed E-state index contributed by atoms with van der Waals surface area (Å²) in [5.74, 6) is 0.0601. The number of carbonyl (C=O) groups excluding carboxylic acids is 1. The van der Waals surface area contributed by atoms with E-state index in [4.69, 9.17) is 4.12 Å². The van der Waals surface area contributed by atoms with Gasteiger partial charge in [-0.2, -0.15) is 0 Å². The molecule has 0 unspecified atom stereocenters. The lowest BCUT2D eigenvalue weighted by atomic mass is 10.0. The number of anilines is 1. The molecule has 134 valence electrons. The van der Waals surface area contributed by atoms with Crippen molar-refractivity contribution in [2.75, 3.05) is 19.0 Å². The summed E-state index contributed by atoms with van der Waals surface area (Å²) in [5.41, 5.74) is 2.53. The second-order valence-electron chi connectivity index (χ2n) is 8.08. The zero-order valence-corrected chi connectivity index (χ0v) is 18.4. The van der Waals surface area contributed by atoms with Crippen LogP contribution in [0.4, 0.5) is 5.69 Å². The summed E-state index contributed by atoms with van der Waals surface area (Å²) in [7, 11) is 0.340. The summed E-state index contributed by atoms with van der Waals surface area (Å²) in [6.45, 7) is 11.1. The number of rotatable bonds is 6. The average molecular weight is 372 g/mol. The molecule has 2 rings (SSSR count). The summed E-state index contributed by atoms with van der Waals surface area (Å²) in [6, 6.07) is 15.7. The van der Waals surface area contributed by atoms with Gasteiger partial charge in [-0.15, -0.1) is 0 Å². The molecule has 2 aromatic rings. The predicted octanol–water partition coefficient (Wildman–Crippen LogP) is 4.25. The van der Waals surface area contributed by atoms with Crippen LogP contribution in [-0.4, -0.2) is 36.5 Å². The fourth-order valence-electron chi connectivity index (χ4n) is 2.94. The Hall–Kier alpha value is -1.70. The second kappa shape index (κ2) is 7.27. The molecule has 3 nitrogen and oxygen atoms in total. The Morgan fingerprint density at radius 1 is 0.880 bits per heavy atom. The van der Waals surface area contributed by atoms with Crippen LogP contribution in [0.2, 0.25) is 32.7 Å². The number of hydrogen-bond acceptors (Lipinski definition) is 3. The van der Waals surface area contributed by atoms with Crippen molar-refractivity contribution in [1.82, 2.24) is 0 Å². The smallest absolute Gasteiger partial charge is 0.205 e. The van der Waals surface area contributed by atoms with Crippen molar-refractivity contribution >= 4 is 33.3 Å². The van der Waals surface area contributed by atoms with E-state index in [1.54, 1.807) is 0 Å². The summed E-state index contributed by atoms with van der Waals surface area (Å²) in [5, 5.41) is 1.17. The highest BCUT2D eigenvalue weighted by Gasteiger charge is 2.31. The van der Waals surface area contributed by atoms with Crippen LogP contribution < -0.4 is 10.1 Å². The van der Waals surface area contributed by atoms with Gasteiger partial charge in [0.15, 0.2) is 14.1 Å². The Balaban J connectivity index is 2.30. The van der Waals surface area contributed by atoms with Gasteiger partial charge in [-0.3, -0.25) is 4.79 Å². The maximum absolute atomic E-state index is 12.9. The lowest BCUT2D eigenvalue weighted by Crippen LogP contribution is -2.51. The number of hydrogen-bond donors (Lipinski definition) is 0. The van der Waals surface area contributed by atoms with Crippen LogP contribution in [0, 0.1) is 0 Å². The van der Waals surface area contributed by atoms with Crippen molar-refractivity contribution in [1.29, 1.82) is 0 Å². The minimum absolute atomic E-state index is 0.0601. The fraction of sp³-hybridized carbons (Fsp3) is 0.350. The largest absolute Gasteiger partial charge is 0.452 e. The van der Waals surface area contributed by atoms with Crippen LogP contribution in [0.25, 0.3) is 0 Å². The molecule has 0 amide bonds. The molecular formula is C20H29NO2Si2. The van der Waals surface area contributed by atoms with Crippen molar-refractivity contribution in [3.63, 3.8) is 0 Å². The first-order valence-electron chi connectivity index (χ1n) is 8.62. The lowest BCUT2D eigenvalue weighted by molar-refractivity contribution is 0.103. The quantitative estimate of drug-likeness (QED) is 0.562. The molecule has 0 bridgehead atoms. The highest BCUT2D eigenvalue weighted by molar-refractivity contribution is 6.92. The van der Waals surface area contributed by atoms with Gasteiger partial charge in [0.2, 0.25) is 8.32 Å². The minimum atomic E-state index is -2.01. The molecule has 0 aliphatic rings. The molecule has 0 saturated heterocycles. The molecular weight excluding hydrogens is 342 g/mol. The van der Waals surface area contributed by atoms with Gasteiger partial charge >= 0.3 is 0 Å². The molecule has 0 aliphatic heterocycles. The highest BCUT2D eigenvalue weighted by atomic mass is 28.4. The van der Waals surface area contributed by atoms with Crippen LogP contribution >= 0.6 is 0 Å². The van der Waals surface area contributed by atoms with Crippen LogP contribution in [0.3, 0.4) is 0 Å². The van der Waals surface area contributed by atoms with E-state index in [1.807, 2.05) is 61.5 Å². The molecule has 0 atom stereocenters. The second-order valence-corrected chi connectivity index (χ2v) is 16.7. The van der Waals surface area contributed by atoms with Gasteiger partial charge in [0.25, 0.3) is 0 Å². The Morgan fingerprint density at radius 3 is 2.00 bits per heavy atom. The van der Waals surface area contributed by atoms with E-state index in [0.29, 0.717) is 5.56 Å². The van der Waals surface area contributed by atoms with Gasteiger partial charge in [0.05, 0.1) is 0 Å². The van der Waals surface area contributed by atoms with E-state index in [1.165, 1.54) is 5.19 Å². The molecule has 0 N–H and O–H groups in total. The third kappa shape index (κ3) is 5.14. The predicted molar refractivity (Wildman–Crippen MR) is 112 cm³/mol. The zero-order valence-electron chi connectivity index (χ0n) is 16.4. The standard InChI is InChI=1S/C20H29NO2Si2/c1-21(2)18-13-11-16(12-14-18)20(22)17-9-8-10-19(15-17)25(6,7)23-24(3,4)5/h8-15H,1-7H3. The summed E-state index contributed by atoms with van der Waals surface area (Å²) < 4.78 is 6.45. The summed E-state index contributed by atoms with van der Waals surface area (Å²) in [6.07, 6.45) is 0. The maximum Gasteiger partial charge on any atom is 0.205 e. The Kier molecular flexibility index (Phi) is 5.71. The van der Waals surface area contributed by atoms with E-state index in [9.17, 15) is 4.79 Å². The summed E-state index contributed by atoms with van der Waals surface area (Å²) in [4.78, 5) is 14.9. The Labute approximate surface area is 153 Å². The van der Waals surface area contributed by atoms with E-state index >= 15 is 0 Å². The van der Waals surface area contributed by atoms with E-state index in [2.05, 4.69) is 38.8 Å². The van der Waals surface area contributed by atoms with Gasteiger partial charge in [-0.05, 0) is 68.3 Å². The van der Waals surface area contributed by atoms with E-state index in [0.717, 1.165) is 11.3 Å². The van der Waals surface area contributed by atoms with Crippen LogP contribution in [-0.2, 0) is 4.12 Å². The van der Waals surface area contributed by atoms with E-state index in [-0.39, 0.29) is 5.78 Å². The van der Waals surface area contributed by atoms with E-state index < -0.39 is 16.6 Å². The SMILES string of the molecule is CN(C)c1ccc(C(=O)c2cccc([Si](C)(C)O[Si](C)(C)C)c2)cc1. The molecule has 0 aliphatic carbocycles. The van der Waals surface area contributed by atoms with Crippen LogP contribution in [0.5, 0.6) is 0 Å². The molecule has 0 saturated carbocycles. The normalized spacial score (nSPS) is 12.1. The van der Waals surface area contributed by atoms with Gasteiger partial charge in [0, 0.05) is 30.9 Å². The average Bonchev–Trinajstić information content (AvgIpc) is 2.52. The van der Waals surface area contributed by atoms with Gasteiger partial charge < -0.3 is 9.02 Å². The van der Waals surface area contributed by atoms with Crippen molar-refractivity contribution in [3.8, 4) is 0 Å². The first kappa shape index (κ1) is 19.6. The maximum atomic E-state index is 12.9. The molecule has 5 heteroatoms. The fourth-order valence-corrected chi connectivity index (χ4v) is 10.5. The minimum Gasteiger partial charge on any atom is -0.452 e. The van der Waals surface area contributed by atoms with Gasteiger partial charge in [-0.25, -0.2) is 0 Å². The monoisotopic (exact) mass is 371 g/mol. The molecule has 0 heterocycles. The number of carbonyl (C=O) groups is 1. The third-order valence-corrected chi connectivity index (χ3v) is 10.2. The molecule has 0 fully saturated rings. The Morgan fingerprint density at radius 2 is 1.48 bits per heavy atom. The first-order chi connectivity index (χ1) is 11.5. The van der Waals surface area contributed by atoms with Crippen molar-refractivity contribution in [2.45, 2.75) is 32.7 Å². The molecule has 0 aromatic heterocycles. The molecule has 0 spiro atoms. The molecule has 2 aromatic carbocycles. The van der Waals surface area contributed by atoms with Gasteiger partial charge in [0.1, 0.15) is 0 Å². The summed E-state index contributed by atoms with van der Waals surface area (Å²) >= 11 is 0.